The molecule has 138 valence electrons. The summed E-state index contributed by atoms with van der Waals surface area (Å²) in [5, 5.41) is 12.0. The third-order valence-corrected chi connectivity index (χ3v) is 3.75. The first kappa shape index (κ1) is 19.5. The first-order valence-corrected chi connectivity index (χ1v) is 8.38. The molecule has 2 aromatic carbocycles. The van der Waals surface area contributed by atoms with Crippen molar-refractivity contribution in [2.45, 2.75) is 19.4 Å². The molecule has 0 unspecified atom stereocenters. The van der Waals surface area contributed by atoms with Gasteiger partial charge < -0.3 is 19.9 Å². The second kappa shape index (κ2) is 10.2. The van der Waals surface area contributed by atoms with Gasteiger partial charge in [-0.15, -0.1) is 0 Å². The van der Waals surface area contributed by atoms with Crippen LogP contribution < -0.4 is 10.1 Å². The number of ether oxygens (including phenoxy) is 2. The van der Waals surface area contributed by atoms with E-state index < -0.39 is 5.97 Å². The van der Waals surface area contributed by atoms with Gasteiger partial charge in [0.15, 0.2) is 0 Å². The third-order valence-electron chi connectivity index (χ3n) is 3.75. The minimum Gasteiger partial charge on any atom is -0.493 e. The molecule has 0 aromatic heterocycles. The molecular weight excluding hydrogens is 334 g/mol. The van der Waals surface area contributed by atoms with E-state index in [1.54, 1.807) is 25.3 Å². The lowest BCUT2D eigenvalue weighted by molar-refractivity contribution is -0.120. The highest BCUT2D eigenvalue weighted by Gasteiger charge is 2.12. The average molecular weight is 357 g/mol. The number of carboxylic acids is 1. The van der Waals surface area contributed by atoms with Crippen molar-refractivity contribution < 1.29 is 24.2 Å². The van der Waals surface area contributed by atoms with Gasteiger partial charge in [-0.1, -0.05) is 30.3 Å². The first-order valence-electron chi connectivity index (χ1n) is 8.38. The lowest BCUT2D eigenvalue weighted by Crippen LogP contribution is -2.25. The number of hydrogen-bond donors (Lipinski definition) is 2. The molecule has 0 bridgehead atoms. The molecule has 6 heteroatoms. The van der Waals surface area contributed by atoms with E-state index in [1.165, 1.54) is 6.07 Å². The molecule has 1 amide bonds. The Morgan fingerprint density at radius 2 is 1.88 bits per heavy atom. The summed E-state index contributed by atoms with van der Waals surface area (Å²) >= 11 is 0. The van der Waals surface area contributed by atoms with Gasteiger partial charge in [-0.05, 0) is 29.3 Å². The van der Waals surface area contributed by atoms with Gasteiger partial charge in [0.1, 0.15) is 5.75 Å². The van der Waals surface area contributed by atoms with Gasteiger partial charge in [0.2, 0.25) is 5.91 Å². The zero-order valence-electron chi connectivity index (χ0n) is 14.7. The largest absolute Gasteiger partial charge is 0.493 e. The summed E-state index contributed by atoms with van der Waals surface area (Å²) in [5.41, 5.74) is 1.55. The molecule has 0 aliphatic carbocycles. The number of methoxy groups -OCH3 is 1. The van der Waals surface area contributed by atoms with E-state index >= 15 is 0 Å². The molecule has 2 N–H and O–H groups in total. The van der Waals surface area contributed by atoms with Crippen LogP contribution in [-0.4, -0.2) is 37.3 Å². The number of carbonyl (C=O) groups excluding carboxylic acids is 1. The molecular formula is C20H23NO5. The topological polar surface area (TPSA) is 84.9 Å². The molecule has 0 aliphatic heterocycles. The molecule has 2 rings (SSSR count). The third kappa shape index (κ3) is 6.22. The Bertz CT molecular complexity index is 744. The van der Waals surface area contributed by atoms with E-state index in [4.69, 9.17) is 14.6 Å². The number of carbonyl (C=O) groups is 2. The lowest BCUT2D eigenvalue weighted by Gasteiger charge is -2.10. The van der Waals surface area contributed by atoms with Crippen LogP contribution in [0.5, 0.6) is 5.75 Å². The fraction of sp³-hybridized carbons (Fsp3) is 0.300. The highest BCUT2D eigenvalue weighted by Crippen LogP contribution is 2.14. The van der Waals surface area contributed by atoms with E-state index in [1.807, 2.05) is 24.3 Å². The van der Waals surface area contributed by atoms with Crippen LogP contribution >= 0.6 is 0 Å². The molecule has 0 spiro atoms. The maximum atomic E-state index is 12.1. The van der Waals surface area contributed by atoms with Crippen LogP contribution in [0.3, 0.4) is 0 Å². The standard InChI is InChI=1S/C20H23NO5/c1-25-10-5-11-26-17-8-4-6-15(12-17)14-21-19(22)13-16-7-2-3-9-18(16)20(23)24/h2-4,6-9,12H,5,10-11,13-14H2,1H3,(H,21,22)(H,23,24). The van der Waals surface area contributed by atoms with Gasteiger partial charge in [0.05, 0.1) is 18.6 Å². The molecule has 0 aliphatic rings. The molecule has 26 heavy (non-hydrogen) atoms. The second-order valence-electron chi connectivity index (χ2n) is 5.76. The normalized spacial score (nSPS) is 10.3. The van der Waals surface area contributed by atoms with Crippen molar-refractivity contribution in [1.29, 1.82) is 0 Å². The number of benzene rings is 2. The maximum Gasteiger partial charge on any atom is 0.335 e. The Labute approximate surface area is 152 Å². The minimum atomic E-state index is -1.04. The highest BCUT2D eigenvalue weighted by atomic mass is 16.5. The van der Waals surface area contributed by atoms with Gasteiger partial charge in [0.25, 0.3) is 0 Å². The summed E-state index contributed by atoms with van der Waals surface area (Å²) in [4.78, 5) is 23.3. The van der Waals surface area contributed by atoms with Crippen LogP contribution in [0, 0.1) is 0 Å². The van der Waals surface area contributed by atoms with Gasteiger partial charge in [-0.25, -0.2) is 4.79 Å². The van der Waals surface area contributed by atoms with Crippen molar-refractivity contribution in [3.05, 3.63) is 65.2 Å². The van der Waals surface area contributed by atoms with Gasteiger partial charge >= 0.3 is 5.97 Å². The van der Waals surface area contributed by atoms with Crippen molar-refractivity contribution in [2.24, 2.45) is 0 Å². The fourth-order valence-corrected chi connectivity index (χ4v) is 2.46. The Morgan fingerprint density at radius 3 is 2.65 bits per heavy atom. The van der Waals surface area contributed by atoms with Crippen LogP contribution in [-0.2, 0) is 22.5 Å². The molecule has 0 saturated carbocycles. The zero-order chi connectivity index (χ0) is 18.8. The SMILES string of the molecule is COCCCOc1cccc(CNC(=O)Cc2ccccc2C(=O)O)c1. The molecule has 6 nitrogen and oxygen atoms in total. The molecule has 2 aromatic rings. The van der Waals surface area contributed by atoms with Gasteiger partial charge in [-0.3, -0.25) is 4.79 Å². The Hall–Kier alpha value is -2.86. The monoisotopic (exact) mass is 357 g/mol. The number of aromatic carboxylic acids is 1. The van der Waals surface area contributed by atoms with Crippen LogP contribution in [0.1, 0.15) is 27.9 Å². The van der Waals surface area contributed by atoms with Gasteiger partial charge in [0, 0.05) is 26.7 Å². The first-order chi connectivity index (χ1) is 12.6. The molecule has 0 radical (unpaired) electrons. The van der Waals surface area contributed by atoms with Crippen LogP contribution in [0.4, 0.5) is 0 Å². The van der Waals surface area contributed by atoms with Crippen LogP contribution in [0.2, 0.25) is 0 Å². The van der Waals surface area contributed by atoms with E-state index in [-0.39, 0.29) is 17.9 Å². The number of hydrogen-bond acceptors (Lipinski definition) is 4. The van der Waals surface area contributed by atoms with Crippen molar-refractivity contribution >= 4 is 11.9 Å². The smallest absolute Gasteiger partial charge is 0.335 e. The Balaban J connectivity index is 1.87. The van der Waals surface area contributed by atoms with Crippen LogP contribution in [0.25, 0.3) is 0 Å². The quantitative estimate of drug-likeness (QED) is 0.639. The van der Waals surface area contributed by atoms with Crippen molar-refractivity contribution in [3.63, 3.8) is 0 Å². The van der Waals surface area contributed by atoms with Gasteiger partial charge in [-0.2, -0.15) is 0 Å². The molecule has 0 atom stereocenters. The predicted octanol–water partition coefficient (Wildman–Crippen LogP) is 2.66. The summed E-state index contributed by atoms with van der Waals surface area (Å²) < 4.78 is 10.6. The number of carboxylic acid groups (broad SMARTS) is 1. The maximum absolute atomic E-state index is 12.1. The van der Waals surface area contributed by atoms with Crippen LogP contribution in [0.15, 0.2) is 48.5 Å². The minimum absolute atomic E-state index is 0.0235. The average Bonchev–Trinajstić information content (AvgIpc) is 2.64. The number of nitrogens with one attached hydrogen (secondary N) is 1. The summed E-state index contributed by atoms with van der Waals surface area (Å²) in [7, 11) is 1.65. The summed E-state index contributed by atoms with van der Waals surface area (Å²) in [6, 6.07) is 14.0. The molecule has 0 heterocycles. The highest BCUT2D eigenvalue weighted by molar-refractivity contribution is 5.91. The van der Waals surface area contributed by atoms with E-state index in [0.29, 0.717) is 25.3 Å². The second-order valence-corrected chi connectivity index (χ2v) is 5.76. The Morgan fingerprint density at radius 1 is 1.08 bits per heavy atom. The lowest BCUT2D eigenvalue weighted by atomic mass is 10.0. The van der Waals surface area contributed by atoms with Crippen molar-refractivity contribution in [1.82, 2.24) is 5.32 Å². The van der Waals surface area contributed by atoms with E-state index in [2.05, 4.69) is 5.32 Å². The van der Waals surface area contributed by atoms with E-state index in [9.17, 15) is 9.59 Å². The Kier molecular flexibility index (Phi) is 7.64. The summed E-state index contributed by atoms with van der Waals surface area (Å²) in [6.07, 6.45) is 0.829. The number of rotatable bonds is 10. The van der Waals surface area contributed by atoms with E-state index in [0.717, 1.165) is 17.7 Å². The van der Waals surface area contributed by atoms with Crippen molar-refractivity contribution in [3.8, 4) is 5.75 Å². The summed E-state index contributed by atoms with van der Waals surface area (Å²) in [6.45, 7) is 1.56. The molecule has 0 saturated heterocycles. The molecule has 0 fully saturated rings. The summed E-state index contributed by atoms with van der Waals surface area (Å²) in [5.74, 6) is -0.527. The fourth-order valence-electron chi connectivity index (χ4n) is 2.46. The zero-order valence-corrected chi connectivity index (χ0v) is 14.7. The van der Waals surface area contributed by atoms with Crippen molar-refractivity contribution in [2.75, 3.05) is 20.3 Å². The predicted molar refractivity (Wildman–Crippen MR) is 97.4 cm³/mol. The number of amides is 1.